The molecule has 1 saturated heterocycles. The Bertz CT molecular complexity index is 400. The Hall–Kier alpha value is -1.17. The quantitative estimate of drug-likeness (QED) is 0.580. The van der Waals surface area contributed by atoms with Crippen molar-refractivity contribution in [3.63, 3.8) is 0 Å². The molecule has 0 aromatic heterocycles. The molecule has 1 heterocycles. The fraction of sp³-hybridized carbons (Fsp3) is 0.385. The first kappa shape index (κ1) is 11.3. The molecule has 2 nitrogen and oxygen atoms in total. The zero-order chi connectivity index (χ0) is 11.2. The van der Waals surface area contributed by atoms with Crippen LogP contribution in [0.1, 0.15) is 12.0 Å². The van der Waals surface area contributed by atoms with E-state index in [0.29, 0.717) is 12.5 Å². The monoisotopic (exact) mass is 236 g/mol. The number of halogens is 1. The molecule has 0 aliphatic carbocycles. The second-order valence-electron chi connectivity index (χ2n) is 3.54. The molecule has 3 heteroatoms. The molecule has 0 bridgehead atoms. The Labute approximate surface area is 101 Å². The van der Waals surface area contributed by atoms with Gasteiger partial charge in [0.05, 0.1) is 24.7 Å². The highest BCUT2D eigenvalue weighted by atomic mass is 35.5. The van der Waals surface area contributed by atoms with E-state index in [1.807, 2.05) is 24.3 Å². The first-order valence-electron chi connectivity index (χ1n) is 5.28. The van der Waals surface area contributed by atoms with Crippen molar-refractivity contribution in [1.29, 1.82) is 0 Å². The predicted molar refractivity (Wildman–Crippen MR) is 63.9 cm³/mol. The van der Waals surface area contributed by atoms with Crippen molar-refractivity contribution in [1.82, 2.24) is 0 Å². The zero-order valence-electron chi connectivity index (χ0n) is 8.91. The number of rotatable bonds is 2. The summed E-state index contributed by atoms with van der Waals surface area (Å²) in [6, 6.07) is 7.74. The van der Waals surface area contributed by atoms with Crippen molar-refractivity contribution in [3.8, 4) is 17.6 Å². The molecule has 1 aliphatic rings. The van der Waals surface area contributed by atoms with E-state index < -0.39 is 0 Å². The van der Waals surface area contributed by atoms with E-state index in [0.717, 1.165) is 24.3 Å². The molecule has 1 aliphatic heterocycles. The molecule has 2 rings (SSSR count). The third kappa shape index (κ3) is 2.91. The Morgan fingerprint density at radius 3 is 3.06 bits per heavy atom. The van der Waals surface area contributed by atoms with Gasteiger partial charge < -0.3 is 9.47 Å². The van der Waals surface area contributed by atoms with Crippen LogP contribution in [0.15, 0.2) is 24.3 Å². The van der Waals surface area contributed by atoms with Crippen LogP contribution >= 0.6 is 11.6 Å². The molecule has 0 saturated carbocycles. The smallest absolute Gasteiger partial charge is 0.135 e. The van der Waals surface area contributed by atoms with Crippen molar-refractivity contribution < 1.29 is 9.47 Å². The van der Waals surface area contributed by atoms with Crippen LogP contribution in [0.2, 0.25) is 0 Å². The summed E-state index contributed by atoms with van der Waals surface area (Å²) in [7, 11) is 0. The van der Waals surface area contributed by atoms with Gasteiger partial charge >= 0.3 is 0 Å². The summed E-state index contributed by atoms with van der Waals surface area (Å²) < 4.78 is 11.1. The van der Waals surface area contributed by atoms with Gasteiger partial charge in [0.25, 0.3) is 0 Å². The van der Waals surface area contributed by atoms with Crippen molar-refractivity contribution >= 4 is 11.6 Å². The normalized spacial score (nSPS) is 18.9. The summed E-state index contributed by atoms with van der Waals surface area (Å²) in [5.74, 6) is 6.97. The minimum absolute atomic E-state index is 0.152. The maximum atomic E-state index is 5.83. The van der Waals surface area contributed by atoms with Gasteiger partial charge in [0, 0.05) is 6.42 Å². The van der Waals surface area contributed by atoms with E-state index in [9.17, 15) is 0 Å². The number of hydrogen-bond acceptors (Lipinski definition) is 2. The van der Waals surface area contributed by atoms with Gasteiger partial charge in [0.1, 0.15) is 11.9 Å². The fourth-order valence-electron chi connectivity index (χ4n) is 1.59. The Balaban J connectivity index is 2.12. The number of para-hydroxylation sites is 1. The lowest BCUT2D eigenvalue weighted by molar-refractivity contribution is 0.141. The van der Waals surface area contributed by atoms with Crippen molar-refractivity contribution in [2.75, 3.05) is 19.1 Å². The first-order chi connectivity index (χ1) is 7.90. The minimum Gasteiger partial charge on any atom is -0.487 e. The van der Waals surface area contributed by atoms with Crippen LogP contribution in [-0.4, -0.2) is 25.2 Å². The van der Waals surface area contributed by atoms with Gasteiger partial charge in [-0.3, -0.25) is 0 Å². The van der Waals surface area contributed by atoms with E-state index in [2.05, 4.69) is 11.8 Å². The average molecular weight is 237 g/mol. The van der Waals surface area contributed by atoms with Gasteiger partial charge in [0.2, 0.25) is 0 Å². The van der Waals surface area contributed by atoms with Crippen LogP contribution in [0.25, 0.3) is 0 Å². The highest BCUT2D eigenvalue weighted by molar-refractivity contribution is 6.19. The maximum Gasteiger partial charge on any atom is 0.135 e. The van der Waals surface area contributed by atoms with Crippen LogP contribution in [-0.2, 0) is 4.74 Å². The Morgan fingerprint density at radius 2 is 2.31 bits per heavy atom. The summed E-state index contributed by atoms with van der Waals surface area (Å²) >= 11 is 5.54. The zero-order valence-corrected chi connectivity index (χ0v) is 9.67. The van der Waals surface area contributed by atoms with Crippen molar-refractivity contribution in [3.05, 3.63) is 29.8 Å². The van der Waals surface area contributed by atoms with Crippen molar-refractivity contribution in [2.45, 2.75) is 12.5 Å². The largest absolute Gasteiger partial charge is 0.487 e. The molecule has 0 spiro atoms. The Morgan fingerprint density at radius 1 is 1.44 bits per heavy atom. The molecule has 0 radical (unpaired) electrons. The Kier molecular flexibility index (Phi) is 4.10. The molecule has 0 N–H and O–H groups in total. The lowest BCUT2D eigenvalue weighted by Crippen LogP contribution is -2.16. The van der Waals surface area contributed by atoms with E-state index in [-0.39, 0.29) is 6.10 Å². The van der Waals surface area contributed by atoms with Crippen LogP contribution in [0.4, 0.5) is 0 Å². The summed E-state index contributed by atoms with van der Waals surface area (Å²) in [5, 5.41) is 0. The lowest BCUT2D eigenvalue weighted by Gasteiger charge is -2.12. The van der Waals surface area contributed by atoms with Gasteiger partial charge in [-0.25, -0.2) is 0 Å². The second kappa shape index (κ2) is 5.79. The standard InChI is InChI=1S/C13H13ClO2/c14-8-3-5-11-4-1-2-6-13(11)16-12-7-9-15-10-12/h1-2,4,6,12H,7-10H2. The second-order valence-corrected chi connectivity index (χ2v) is 3.80. The van der Waals surface area contributed by atoms with Crippen LogP contribution in [0, 0.1) is 11.8 Å². The number of ether oxygens (including phenoxy) is 2. The predicted octanol–water partition coefficient (Wildman–Crippen LogP) is 2.44. The van der Waals surface area contributed by atoms with Crippen LogP contribution in [0.3, 0.4) is 0 Å². The fourth-order valence-corrected chi connectivity index (χ4v) is 1.65. The van der Waals surface area contributed by atoms with E-state index in [1.54, 1.807) is 0 Å². The molecule has 1 aromatic rings. The van der Waals surface area contributed by atoms with Crippen LogP contribution in [0.5, 0.6) is 5.75 Å². The topological polar surface area (TPSA) is 18.5 Å². The molecule has 84 valence electrons. The maximum absolute atomic E-state index is 5.83. The molecular weight excluding hydrogens is 224 g/mol. The third-order valence-electron chi connectivity index (χ3n) is 2.36. The van der Waals surface area contributed by atoms with Gasteiger partial charge in [-0.1, -0.05) is 24.0 Å². The lowest BCUT2D eigenvalue weighted by atomic mass is 10.2. The van der Waals surface area contributed by atoms with Gasteiger partial charge in [-0.05, 0) is 12.1 Å². The molecule has 16 heavy (non-hydrogen) atoms. The van der Waals surface area contributed by atoms with E-state index in [1.165, 1.54) is 0 Å². The van der Waals surface area contributed by atoms with Crippen LogP contribution < -0.4 is 4.74 Å². The summed E-state index contributed by atoms with van der Waals surface area (Å²) in [6.45, 7) is 1.44. The highest BCUT2D eigenvalue weighted by Crippen LogP contribution is 2.20. The van der Waals surface area contributed by atoms with Crippen molar-refractivity contribution in [2.24, 2.45) is 0 Å². The van der Waals surface area contributed by atoms with Gasteiger partial charge in [-0.2, -0.15) is 0 Å². The summed E-state index contributed by atoms with van der Waals surface area (Å²) in [6.07, 6.45) is 1.09. The summed E-state index contributed by atoms with van der Waals surface area (Å²) in [4.78, 5) is 0. The molecule has 1 unspecified atom stereocenters. The molecule has 0 amide bonds. The van der Waals surface area contributed by atoms with E-state index >= 15 is 0 Å². The highest BCUT2D eigenvalue weighted by Gasteiger charge is 2.17. The van der Waals surface area contributed by atoms with E-state index in [4.69, 9.17) is 21.1 Å². The van der Waals surface area contributed by atoms with Gasteiger partial charge in [-0.15, -0.1) is 11.6 Å². The SMILES string of the molecule is ClCC#Cc1ccccc1OC1CCOC1. The number of hydrogen-bond donors (Lipinski definition) is 0. The molecule has 1 fully saturated rings. The average Bonchev–Trinajstić information content (AvgIpc) is 2.81. The van der Waals surface area contributed by atoms with Gasteiger partial charge in [0.15, 0.2) is 0 Å². The minimum atomic E-state index is 0.152. The molecular formula is C13H13ClO2. The third-order valence-corrected chi connectivity index (χ3v) is 2.49. The first-order valence-corrected chi connectivity index (χ1v) is 5.82. The molecule has 1 aromatic carbocycles. The number of benzene rings is 1. The number of alkyl halides is 1. The molecule has 1 atom stereocenters. The summed E-state index contributed by atoms with van der Waals surface area (Å²) in [5.41, 5.74) is 0.884.